The number of hydrogen-bond donors (Lipinski definition) is 0. The largest absolute Gasteiger partial charge is 0.337 e. The predicted octanol–water partition coefficient (Wildman–Crippen LogP) is 1.35. The van der Waals surface area contributed by atoms with E-state index in [-0.39, 0.29) is 11.9 Å². The second kappa shape index (κ2) is 6.68. The first-order chi connectivity index (χ1) is 11.5. The number of likely N-dealkylation sites (N-methyl/N-ethyl adjacent to an activating group) is 1. The van der Waals surface area contributed by atoms with Gasteiger partial charge in [0.15, 0.2) is 0 Å². The van der Waals surface area contributed by atoms with Crippen LogP contribution in [0.2, 0.25) is 0 Å². The molecular formula is C17H24N6O. The van der Waals surface area contributed by atoms with E-state index in [2.05, 4.69) is 26.8 Å². The van der Waals surface area contributed by atoms with Gasteiger partial charge in [0.25, 0.3) is 5.91 Å². The zero-order valence-corrected chi connectivity index (χ0v) is 14.7. The Bertz CT molecular complexity index is 720. The topological polar surface area (TPSA) is 67.2 Å². The van der Waals surface area contributed by atoms with Gasteiger partial charge in [0, 0.05) is 44.8 Å². The summed E-state index contributed by atoms with van der Waals surface area (Å²) in [6.07, 6.45) is 3.75. The summed E-state index contributed by atoms with van der Waals surface area (Å²) in [5.74, 6) is 1.59. The highest BCUT2D eigenvalue weighted by molar-refractivity contribution is 5.92. The molecule has 1 aliphatic heterocycles. The van der Waals surface area contributed by atoms with E-state index in [4.69, 9.17) is 0 Å². The number of piperazine rings is 1. The Morgan fingerprint density at radius 3 is 2.71 bits per heavy atom. The summed E-state index contributed by atoms with van der Waals surface area (Å²) >= 11 is 0. The molecule has 7 heteroatoms. The van der Waals surface area contributed by atoms with Crippen molar-refractivity contribution in [3.8, 4) is 0 Å². The number of carbonyl (C=O) groups excluding carboxylic acids is 1. The second-order valence-electron chi connectivity index (χ2n) is 6.23. The summed E-state index contributed by atoms with van der Waals surface area (Å²) in [5.41, 5.74) is 1.29. The van der Waals surface area contributed by atoms with Crippen LogP contribution in [0.3, 0.4) is 0 Å². The number of aromatic nitrogens is 4. The zero-order chi connectivity index (χ0) is 17.3. The molecule has 24 heavy (non-hydrogen) atoms. The lowest BCUT2D eigenvalue weighted by Gasteiger charge is -2.40. The fraction of sp³-hybridized carbons (Fsp3) is 0.529. The van der Waals surface area contributed by atoms with E-state index >= 15 is 0 Å². The molecule has 0 N–H and O–H groups in total. The number of aryl methyl sites for hydroxylation is 3. The first-order valence-corrected chi connectivity index (χ1v) is 8.32. The lowest BCUT2D eigenvalue weighted by Crippen LogP contribution is -2.51. The average Bonchev–Trinajstić information content (AvgIpc) is 2.98. The summed E-state index contributed by atoms with van der Waals surface area (Å²) in [5, 5.41) is 0. The molecule has 0 spiro atoms. The van der Waals surface area contributed by atoms with Crippen LogP contribution in [0.1, 0.15) is 40.8 Å². The highest BCUT2D eigenvalue weighted by Crippen LogP contribution is 2.24. The van der Waals surface area contributed by atoms with Crippen LogP contribution in [0.15, 0.2) is 18.5 Å². The molecule has 1 amide bonds. The van der Waals surface area contributed by atoms with Gasteiger partial charge in [0.2, 0.25) is 0 Å². The van der Waals surface area contributed by atoms with Crippen LogP contribution in [0.25, 0.3) is 0 Å². The van der Waals surface area contributed by atoms with Gasteiger partial charge >= 0.3 is 0 Å². The molecule has 0 aliphatic carbocycles. The number of hydrogen-bond acceptors (Lipinski definition) is 5. The van der Waals surface area contributed by atoms with Crippen molar-refractivity contribution in [2.45, 2.75) is 26.8 Å². The van der Waals surface area contributed by atoms with Crippen LogP contribution < -0.4 is 0 Å². The first-order valence-electron chi connectivity index (χ1n) is 8.32. The van der Waals surface area contributed by atoms with E-state index in [9.17, 15) is 4.79 Å². The molecule has 0 aromatic carbocycles. The fourth-order valence-electron chi connectivity index (χ4n) is 3.32. The van der Waals surface area contributed by atoms with Crippen molar-refractivity contribution in [2.75, 3.05) is 26.2 Å². The molecule has 1 fully saturated rings. The molecule has 0 bridgehead atoms. The van der Waals surface area contributed by atoms with Crippen LogP contribution in [0.4, 0.5) is 0 Å². The predicted molar refractivity (Wildman–Crippen MR) is 90.6 cm³/mol. The van der Waals surface area contributed by atoms with Gasteiger partial charge in [-0.1, -0.05) is 6.92 Å². The maximum Gasteiger partial charge on any atom is 0.272 e. The maximum absolute atomic E-state index is 12.9. The third-order valence-electron chi connectivity index (χ3n) is 4.53. The van der Waals surface area contributed by atoms with Gasteiger partial charge in [-0.15, -0.1) is 0 Å². The Kier molecular flexibility index (Phi) is 4.62. The van der Waals surface area contributed by atoms with Gasteiger partial charge in [-0.3, -0.25) is 9.69 Å². The third-order valence-corrected chi connectivity index (χ3v) is 4.53. The van der Waals surface area contributed by atoms with Gasteiger partial charge in [-0.05, 0) is 26.5 Å². The lowest BCUT2D eigenvalue weighted by molar-refractivity contribution is 0.0467. The van der Waals surface area contributed by atoms with Crippen molar-refractivity contribution < 1.29 is 4.79 Å². The SMILES string of the molecule is CCN1CCN(C(=O)c2cc(C)nc(C)n2)C[C@@H]1c1nccn1C. The normalized spacial score (nSPS) is 18.8. The standard InChI is InChI=1S/C17H24N6O/c1-5-22-8-9-23(11-15(22)16-18-6-7-21(16)4)17(24)14-10-12(2)19-13(3)20-14/h6-7,10,15H,5,8-9,11H2,1-4H3/t15-/m1/s1. The number of rotatable bonds is 3. The summed E-state index contributed by atoms with van der Waals surface area (Å²) in [6.45, 7) is 8.95. The van der Waals surface area contributed by atoms with Gasteiger partial charge in [0.1, 0.15) is 17.3 Å². The smallest absolute Gasteiger partial charge is 0.272 e. The van der Waals surface area contributed by atoms with Crippen LogP contribution in [-0.4, -0.2) is 61.4 Å². The van der Waals surface area contributed by atoms with E-state index in [1.165, 1.54) is 0 Å². The molecule has 128 valence electrons. The third kappa shape index (κ3) is 3.17. The fourth-order valence-corrected chi connectivity index (χ4v) is 3.32. The molecule has 0 saturated carbocycles. The van der Waals surface area contributed by atoms with Crippen molar-refractivity contribution in [2.24, 2.45) is 7.05 Å². The molecule has 1 atom stereocenters. The Labute approximate surface area is 142 Å². The molecule has 3 rings (SSSR count). The van der Waals surface area contributed by atoms with Gasteiger partial charge in [-0.25, -0.2) is 15.0 Å². The molecule has 1 aliphatic rings. The Balaban J connectivity index is 1.84. The van der Waals surface area contributed by atoms with E-state index in [0.29, 0.717) is 24.6 Å². The van der Waals surface area contributed by atoms with Crippen molar-refractivity contribution in [3.63, 3.8) is 0 Å². The molecule has 2 aromatic rings. The highest BCUT2D eigenvalue weighted by Gasteiger charge is 2.32. The van der Waals surface area contributed by atoms with Crippen molar-refractivity contribution >= 4 is 5.91 Å². The lowest BCUT2D eigenvalue weighted by atomic mass is 10.1. The second-order valence-corrected chi connectivity index (χ2v) is 6.23. The molecule has 3 heterocycles. The monoisotopic (exact) mass is 328 g/mol. The van der Waals surface area contributed by atoms with E-state index in [0.717, 1.165) is 24.6 Å². The van der Waals surface area contributed by atoms with Crippen LogP contribution in [0.5, 0.6) is 0 Å². The van der Waals surface area contributed by atoms with Crippen molar-refractivity contribution in [1.29, 1.82) is 0 Å². The summed E-state index contributed by atoms with van der Waals surface area (Å²) in [6, 6.07) is 1.87. The van der Waals surface area contributed by atoms with E-state index in [1.54, 1.807) is 12.3 Å². The van der Waals surface area contributed by atoms with Gasteiger partial charge < -0.3 is 9.47 Å². The summed E-state index contributed by atoms with van der Waals surface area (Å²) in [4.78, 5) is 30.2. The zero-order valence-electron chi connectivity index (χ0n) is 14.7. The molecular weight excluding hydrogens is 304 g/mol. The minimum Gasteiger partial charge on any atom is -0.337 e. The molecule has 7 nitrogen and oxygen atoms in total. The quantitative estimate of drug-likeness (QED) is 0.851. The average molecular weight is 328 g/mol. The van der Waals surface area contributed by atoms with Crippen molar-refractivity contribution in [3.05, 3.63) is 41.5 Å². The van der Waals surface area contributed by atoms with Gasteiger partial charge in [-0.2, -0.15) is 0 Å². The van der Waals surface area contributed by atoms with E-state index < -0.39 is 0 Å². The molecule has 0 radical (unpaired) electrons. The Hall–Kier alpha value is -2.28. The Morgan fingerprint density at radius 2 is 2.08 bits per heavy atom. The number of amides is 1. The van der Waals surface area contributed by atoms with Crippen LogP contribution in [-0.2, 0) is 7.05 Å². The number of nitrogens with zero attached hydrogens (tertiary/aromatic N) is 6. The molecule has 2 aromatic heterocycles. The van der Waals surface area contributed by atoms with Crippen LogP contribution >= 0.6 is 0 Å². The minimum atomic E-state index is -0.0291. The summed E-state index contributed by atoms with van der Waals surface area (Å²) in [7, 11) is 1.99. The van der Waals surface area contributed by atoms with E-state index in [1.807, 2.05) is 36.6 Å². The Morgan fingerprint density at radius 1 is 1.29 bits per heavy atom. The maximum atomic E-state index is 12.9. The van der Waals surface area contributed by atoms with Gasteiger partial charge in [0.05, 0.1) is 6.04 Å². The first kappa shape index (κ1) is 16.6. The molecule has 1 saturated heterocycles. The minimum absolute atomic E-state index is 0.0291. The van der Waals surface area contributed by atoms with Crippen LogP contribution in [0, 0.1) is 13.8 Å². The number of carbonyl (C=O) groups is 1. The number of imidazole rings is 1. The summed E-state index contributed by atoms with van der Waals surface area (Å²) < 4.78 is 2.03. The van der Waals surface area contributed by atoms with Crippen molar-refractivity contribution in [1.82, 2.24) is 29.3 Å². The molecule has 0 unspecified atom stereocenters. The highest BCUT2D eigenvalue weighted by atomic mass is 16.2.